The smallest absolute Gasteiger partial charge is 0.115 e. The second kappa shape index (κ2) is 4.25. The summed E-state index contributed by atoms with van der Waals surface area (Å²) in [4.78, 5) is 0. The molecule has 0 heterocycles. The van der Waals surface area contributed by atoms with Gasteiger partial charge in [-0.2, -0.15) is 0 Å². The Morgan fingerprint density at radius 1 is 0.833 bits per heavy atom. The maximum absolute atomic E-state index is 5.91. The Hall–Kier alpha value is -1.60. The number of hydrogen-bond acceptors (Lipinski definition) is 1. The SMILES string of the molecule is COC1(C)c2ccccc2CCc2ccccc21. The van der Waals surface area contributed by atoms with Gasteiger partial charge in [0, 0.05) is 7.11 Å². The van der Waals surface area contributed by atoms with Crippen LogP contribution in [0.3, 0.4) is 0 Å². The molecule has 1 nitrogen and oxygen atoms in total. The first-order valence-corrected chi connectivity index (χ1v) is 6.47. The Labute approximate surface area is 108 Å². The van der Waals surface area contributed by atoms with E-state index in [1.54, 1.807) is 7.11 Å². The molecular formula is C17H18O. The van der Waals surface area contributed by atoms with E-state index in [2.05, 4.69) is 55.5 Å². The summed E-state index contributed by atoms with van der Waals surface area (Å²) >= 11 is 0. The van der Waals surface area contributed by atoms with Crippen molar-refractivity contribution < 1.29 is 4.74 Å². The number of fused-ring (bicyclic) bond motifs is 2. The molecule has 0 amide bonds. The zero-order valence-corrected chi connectivity index (χ0v) is 10.9. The average molecular weight is 238 g/mol. The molecule has 0 unspecified atom stereocenters. The van der Waals surface area contributed by atoms with Gasteiger partial charge in [0.15, 0.2) is 0 Å². The van der Waals surface area contributed by atoms with Gasteiger partial charge in [-0.3, -0.25) is 0 Å². The maximum atomic E-state index is 5.91. The molecule has 0 aromatic heterocycles. The van der Waals surface area contributed by atoms with Gasteiger partial charge in [-0.25, -0.2) is 0 Å². The highest BCUT2D eigenvalue weighted by Crippen LogP contribution is 2.39. The summed E-state index contributed by atoms with van der Waals surface area (Å²) in [6, 6.07) is 17.3. The molecule has 0 saturated carbocycles. The largest absolute Gasteiger partial charge is 0.369 e. The van der Waals surface area contributed by atoms with Gasteiger partial charge >= 0.3 is 0 Å². The molecule has 0 N–H and O–H groups in total. The Morgan fingerprint density at radius 3 is 1.72 bits per heavy atom. The molecule has 0 fully saturated rings. The quantitative estimate of drug-likeness (QED) is 0.736. The number of benzene rings is 2. The van der Waals surface area contributed by atoms with E-state index in [-0.39, 0.29) is 5.60 Å². The third-order valence-corrected chi connectivity index (χ3v) is 4.13. The van der Waals surface area contributed by atoms with Crippen molar-refractivity contribution in [2.75, 3.05) is 7.11 Å². The molecule has 2 aromatic rings. The molecular weight excluding hydrogens is 220 g/mol. The second-order valence-electron chi connectivity index (χ2n) is 5.05. The first-order valence-electron chi connectivity index (χ1n) is 6.47. The minimum Gasteiger partial charge on any atom is -0.369 e. The van der Waals surface area contributed by atoms with E-state index in [0.29, 0.717) is 0 Å². The van der Waals surface area contributed by atoms with Crippen LogP contribution in [0.1, 0.15) is 29.2 Å². The van der Waals surface area contributed by atoms with Crippen LogP contribution in [0.5, 0.6) is 0 Å². The molecule has 0 aliphatic heterocycles. The first-order chi connectivity index (χ1) is 8.75. The Morgan fingerprint density at radius 2 is 1.28 bits per heavy atom. The zero-order valence-electron chi connectivity index (χ0n) is 10.9. The van der Waals surface area contributed by atoms with Crippen molar-refractivity contribution >= 4 is 0 Å². The van der Waals surface area contributed by atoms with Crippen molar-refractivity contribution in [3.05, 3.63) is 70.8 Å². The Balaban J connectivity index is 2.29. The van der Waals surface area contributed by atoms with Crippen LogP contribution < -0.4 is 0 Å². The molecule has 3 rings (SSSR count). The van der Waals surface area contributed by atoms with E-state index in [1.807, 2.05) is 0 Å². The average Bonchev–Trinajstić information content (AvgIpc) is 2.56. The second-order valence-corrected chi connectivity index (χ2v) is 5.05. The fourth-order valence-corrected chi connectivity index (χ4v) is 3.04. The topological polar surface area (TPSA) is 9.23 Å². The van der Waals surface area contributed by atoms with E-state index in [1.165, 1.54) is 22.3 Å². The summed E-state index contributed by atoms with van der Waals surface area (Å²) in [7, 11) is 1.80. The summed E-state index contributed by atoms with van der Waals surface area (Å²) in [6.07, 6.45) is 2.18. The molecule has 0 bridgehead atoms. The van der Waals surface area contributed by atoms with Crippen LogP contribution in [-0.2, 0) is 23.2 Å². The fraction of sp³-hybridized carbons (Fsp3) is 0.294. The van der Waals surface area contributed by atoms with Gasteiger partial charge in [0.05, 0.1) is 0 Å². The number of rotatable bonds is 1. The Kier molecular flexibility index (Phi) is 2.71. The predicted octanol–water partition coefficient (Wildman–Crippen LogP) is 3.70. The van der Waals surface area contributed by atoms with Crippen molar-refractivity contribution in [2.45, 2.75) is 25.4 Å². The van der Waals surface area contributed by atoms with Crippen LogP contribution in [0.25, 0.3) is 0 Å². The zero-order chi connectivity index (χ0) is 12.6. The normalized spacial score (nSPS) is 16.6. The predicted molar refractivity (Wildman–Crippen MR) is 73.8 cm³/mol. The minimum absolute atomic E-state index is 0.330. The number of aryl methyl sites for hydroxylation is 2. The standard InChI is InChI=1S/C17H18O/c1-17(18-2)15-9-5-3-7-13(15)11-12-14-8-4-6-10-16(14)17/h3-10H,11-12H2,1-2H3. The summed E-state index contributed by atoms with van der Waals surface area (Å²) in [5.41, 5.74) is 5.08. The molecule has 0 atom stereocenters. The monoisotopic (exact) mass is 238 g/mol. The highest BCUT2D eigenvalue weighted by Gasteiger charge is 2.34. The first kappa shape index (κ1) is 11.5. The van der Waals surface area contributed by atoms with Crippen LogP contribution in [0, 0.1) is 0 Å². The molecule has 92 valence electrons. The van der Waals surface area contributed by atoms with Crippen LogP contribution in [0.2, 0.25) is 0 Å². The van der Waals surface area contributed by atoms with Crippen molar-refractivity contribution in [1.29, 1.82) is 0 Å². The number of ether oxygens (including phenoxy) is 1. The van der Waals surface area contributed by atoms with Gasteiger partial charge < -0.3 is 4.74 Å². The number of methoxy groups -OCH3 is 1. The van der Waals surface area contributed by atoms with Crippen molar-refractivity contribution in [1.82, 2.24) is 0 Å². The molecule has 0 radical (unpaired) electrons. The molecule has 1 heteroatoms. The Bertz CT molecular complexity index is 524. The van der Waals surface area contributed by atoms with Gasteiger partial charge in [-0.1, -0.05) is 48.5 Å². The van der Waals surface area contributed by atoms with Crippen LogP contribution in [0.15, 0.2) is 48.5 Å². The van der Waals surface area contributed by atoms with Crippen molar-refractivity contribution in [3.8, 4) is 0 Å². The fourth-order valence-electron chi connectivity index (χ4n) is 3.04. The lowest BCUT2D eigenvalue weighted by Gasteiger charge is -2.31. The molecule has 1 aliphatic carbocycles. The maximum Gasteiger partial charge on any atom is 0.115 e. The molecule has 0 saturated heterocycles. The minimum atomic E-state index is -0.330. The van der Waals surface area contributed by atoms with Crippen molar-refractivity contribution in [2.24, 2.45) is 0 Å². The van der Waals surface area contributed by atoms with E-state index in [0.717, 1.165) is 12.8 Å². The van der Waals surface area contributed by atoms with Crippen LogP contribution in [0.4, 0.5) is 0 Å². The lowest BCUT2D eigenvalue weighted by atomic mass is 9.85. The van der Waals surface area contributed by atoms with E-state index >= 15 is 0 Å². The lowest BCUT2D eigenvalue weighted by Crippen LogP contribution is -2.27. The summed E-state index contributed by atoms with van der Waals surface area (Å²) in [5, 5.41) is 0. The molecule has 18 heavy (non-hydrogen) atoms. The highest BCUT2D eigenvalue weighted by molar-refractivity contribution is 5.47. The molecule has 1 aliphatic rings. The third-order valence-electron chi connectivity index (χ3n) is 4.13. The van der Waals surface area contributed by atoms with E-state index in [4.69, 9.17) is 4.74 Å². The van der Waals surface area contributed by atoms with E-state index in [9.17, 15) is 0 Å². The van der Waals surface area contributed by atoms with Gasteiger partial charge in [0.2, 0.25) is 0 Å². The van der Waals surface area contributed by atoms with Crippen molar-refractivity contribution in [3.63, 3.8) is 0 Å². The van der Waals surface area contributed by atoms with Gasteiger partial charge in [0.25, 0.3) is 0 Å². The summed E-state index contributed by atoms with van der Waals surface area (Å²) in [5.74, 6) is 0. The van der Waals surface area contributed by atoms with Gasteiger partial charge in [-0.05, 0) is 42.0 Å². The summed E-state index contributed by atoms with van der Waals surface area (Å²) in [6.45, 7) is 2.18. The lowest BCUT2D eigenvalue weighted by molar-refractivity contribution is 0.0386. The van der Waals surface area contributed by atoms with E-state index < -0.39 is 0 Å². The number of hydrogen-bond donors (Lipinski definition) is 0. The molecule has 2 aromatic carbocycles. The molecule has 0 spiro atoms. The highest BCUT2D eigenvalue weighted by atomic mass is 16.5. The summed E-state index contributed by atoms with van der Waals surface area (Å²) < 4.78 is 5.91. The van der Waals surface area contributed by atoms with Crippen LogP contribution >= 0.6 is 0 Å². The van der Waals surface area contributed by atoms with Gasteiger partial charge in [-0.15, -0.1) is 0 Å². The van der Waals surface area contributed by atoms with Gasteiger partial charge in [0.1, 0.15) is 5.60 Å². The third kappa shape index (κ3) is 1.58. The van der Waals surface area contributed by atoms with Crippen LogP contribution in [-0.4, -0.2) is 7.11 Å².